The summed E-state index contributed by atoms with van der Waals surface area (Å²) in [6.07, 6.45) is -3.46. The summed E-state index contributed by atoms with van der Waals surface area (Å²) in [4.78, 5) is 11.9. The second-order valence-electron chi connectivity index (χ2n) is 6.62. The zero-order chi connectivity index (χ0) is 17.0. The van der Waals surface area contributed by atoms with Crippen LogP contribution in [-0.2, 0) is 4.74 Å². The first kappa shape index (κ1) is 18.4. The normalized spacial score (nSPS) is 16.0. The van der Waals surface area contributed by atoms with Crippen LogP contribution < -0.4 is 11.1 Å². The van der Waals surface area contributed by atoms with Crippen LogP contribution in [0.3, 0.4) is 0 Å². The van der Waals surface area contributed by atoms with Gasteiger partial charge in [-0.25, -0.2) is 13.6 Å². The van der Waals surface area contributed by atoms with Crippen LogP contribution in [0.1, 0.15) is 45.7 Å². The first-order valence-corrected chi connectivity index (χ1v) is 7.13. The van der Waals surface area contributed by atoms with Crippen molar-refractivity contribution in [1.82, 2.24) is 5.32 Å². The van der Waals surface area contributed by atoms with Crippen LogP contribution in [0.5, 0.6) is 0 Å². The number of hydrogen-bond acceptors (Lipinski definition) is 3. The average molecular weight is 314 g/mol. The van der Waals surface area contributed by atoms with Crippen molar-refractivity contribution in [1.29, 1.82) is 0 Å². The molecule has 0 radical (unpaired) electrons. The highest BCUT2D eigenvalue weighted by atomic mass is 19.3. The summed E-state index contributed by atoms with van der Waals surface area (Å²) in [5, 5.41) is 2.63. The number of carbonyl (C=O) groups is 1. The zero-order valence-electron chi connectivity index (χ0n) is 13.4. The van der Waals surface area contributed by atoms with Gasteiger partial charge in [0, 0.05) is 0 Å². The molecule has 3 N–H and O–H groups in total. The van der Waals surface area contributed by atoms with Crippen LogP contribution in [-0.4, -0.2) is 23.7 Å². The number of halogens is 2. The molecule has 0 spiro atoms. The fourth-order valence-corrected chi connectivity index (χ4v) is 1.92. The molecule has 0 aromatic heterocycles. The van der Waals surface area contributed by atoms with E-state index in [4.69, 9.17) is 10.5 Å². The number of alkyl halides is 2. The average Bonchev–Trinajstić information content (AvgIpc) is 2.36. The quantitative estimate of drug-likeness (QED) is 0.872. The van der Waals surface area contributed by atoms with Gasteiger partial charge < -0.3 is 15.8 Å². The van der Waals surface area contributed by atoms with Crippen molar-refractivity contribution in [2.75, 3.05) is 0 Å². The summed E-state index contributed by atoms with van der Waals surface area (Å²) < 4.78 is 31.2. The lowest BCUT2D eigenvalue weighted by molar-refractivity contribution is 0.0390. The van der Waals surface area contributed by atoms with Gasteiger partial charge in [0.2, 0.25) is 0 Å². The highest BCUT2D eigenvalue weighted by Crippen LogP contribution is 2.27. The van der Waals surface area contributed by atoms with Gasteiger partial charge in [-0.05, 0) is 39.7 Å². The Hall–Kier alpha value is -1.69. The standard InChI is InChI=1S/C16H24F2N2O2/c1-15(2,3)22-14(21)20-12(10-16(4,19)13(17)18)11-8-6-5-7-9-11/h5-9,12-13H,10,19H2,1-4H3,(H,20,21). The van der Waals surface area contributed by atoms with E-state index in [2.05, 4.69) is 5.32 Å². The lowest BCUT2D eigenvalue weighted by Crippen LogP contribution is -2.48. The minimum absolute atomic E-state index is 0.103. The van der Waals surface area contributed by atoms with Gasteiger partial charge in [-0.1, -0.05) is 30.3 Å². The molecule has 1 amide bonds. The number of benzene rings is 1. The molecule has 1 aromatic carbocycles. The number of ether oxygens (including phenoxy) is 1. The maximum absolute atomic E-state index is 13.0. The topological polar surface area (TPSA) is 64.3 Å². The lowest BCUT2D eigenvalue weighted by atomic mass is 9.90. The molecule has 0 aliphatic heterocycles. The molecule has 0 heterocycles. The fraction of sp³-hybridized carbons (Fsp3) is 0.562. The second-order valence-corrected chi connectivity index (χ2v) is 6.62. The smallest absolute Gasteiger partial charge is 0.408 e. The predicted octanol–water partition coefficient (Wildman–Crippen LogP) is 3.63. The highest BCUT2D eigenvalue weighted by molar-refractivity contribution is 5.68. The maximum Gasteiger partial charge on any atom is 0.408 e. The number of alkyl carbamates (subject to hydrolysis) is 1. The molecule has 0 aliphatic carbocycles. The molecule has 22 heavy (non-hydrogen) atoms. The van der Waals surface area contributed by atoms with Crippen molar-refractivity contribution < 1.29 is 18.3 Å². The molecule has 4 nitrogen and oxygen atoms in total. The van der Waals surface area contributed by atoms with Gasteiger partial charge in [0.05, 0.1) is 11.6 Å². The largest absolute Gasteiger partial charge is 0.444 e. The van der Waals surface area contributed by atoms with E-state index in [9.17, 15) is 13.6 Å². The van der Waals surface area contributed by atoms with Crippen LogP contribution >= 0.6 is 0 Å². The van der Waals surface area contributed by atoms with Crippen LogP contribution in [0.2, 0.25) is 0 Å². The second kappa shape index (κ2) is 7.05. The van der Waals surface area contributed by atoms with Crippen molar-refractivity contribution in [3.8, 4) is 0 Å². The minimum Gasteiger partial charge on any atom is -0.444 e. The molecule has 124 valence electrons. The molecule has 0 fully saturated rings. The van der Waals surface area contributed by atoms with Crippen LogP contribution in [0, 0.1) is 0 Å². The first-order valence-electron chi connectivity index (χ1n) is 7.13. The summed E-state index contributed by atoms with van der Waals surface area (Å²) >= 11 is 0. The minimum atomic E-state index is -2.70. The zero-order valence-corrected chi connectivity index (χ0v) is 13.4. The van der Waals surface area contributed by atoms with E-state index < -0.39 is 29.7 Å². The van der Waals surface area contributed by atoms with Crippen LogP contribution in [0.25, 0.3) is 0 Å². The van der Waals surface area contributed by atoms with E-state index >= 15 is 0 Å². The number of hydrogen-bond donors (Lipinski definition) is 2. The third-order valence-corrected chi connectivity index (χ3v) is 3.04. The van der Waals surface area contributed by atoms with Crippen LogP contribution in [0.4, 0.5) is 13.6 Å². The van der Waals surface area contributed by atoms with Crippen molar-refractivity contribution in [2.45, 2.75) is 57.7 Å². The molecular weight excluding hydrogens is 290 g/mol. The summed E-state index contributed by atoms with van der Waals surface area (Å²) in [7, 11) is 0. The molecule has 2 unspecified atom stereocenters. The van der Waals surface area contributed by atoms with Crippen molar-refractivity contribution in [2.24, 2.45) is 5.73 Å². The number of carbonyl (C=O) groups excluding carboxylic acids is 1. The predicted molar refractivity (Wildman–Crippen MR) is 81.8 cm³/mol. The van der Waals surface area contributed by atoms with Crippen molar-refractivity contribution >= 4 is 6.09 Å². The summed E-state index contributed by atoms with van der Waals surface area (Å²) in [6, 6.07) is 8.21. The van der Waals surface area contributed by atoms with Gasteiger partial charge in [-0.15, -0.1) is 0 Å². The van der Waals surface area contributed by atoms with E-state index in [1.165, 1.54) is 6.92 Å². The Kier molecular flexibility index (Phi) is 5.88. The molecule has 1 rings (SSSR count). The summed E-state index contributed by atoms with van der Waals surface area (Å²) in [5.74, 6) is 0. The number of nitrogens with two attached hydrogens (primary N) is 1. The van der Waals surface area contributed by atoms with Gasteiger partial charge in [0.25, 0.3) is 6.43 Å². The van der Waals surface area contributed by atoms with Gasteiger partial charge in [0.1, 0.15) is 5.60 Å². The molecule has 0 saturated heterocycles. The number of nitrogens with one attached hydrogen (secondary N) is 1. The SMILES string of the molecule is CC(C)(C)OC(=O)NC(CC(C)(N)C(F)F)c1ccccc1. The molecule has 2 atom stereocenters. The fourth-order valence-electron chi connectivity index (χ4n) is 1.92. The van der Waals surface area contributed by atoms with Gasteiger partial charge in [-0.2, -0.15) is 0 Å². The molecule has 0 bridgehead atoms. The first-order chi connectivity index (χ1) is 10.0. The van der Waals surface area contributed by atoms with E-state index in [1.54, 1.807) is 45.0 Å². The summed E-state index contributed by atoms with van der Waals surface area (Å²) in [5.41, 5.74) is 3.98. The van der Waals surface area contributed by atoms with E-state index in [0.717, 1.165) is 0 Å². The van der Waals surface area contributed by atoms with Crippen LogP contribution in [0.15, 0.2) is 30.3 Å². The Bertz CT molecular complexity index is 485. The molecule has 6 heteroatoms. The van der Waals surface area contributed by atoms with Crippen molar-refractivity contribution in [3.63, 3.8) is 0 Å². The maximum atomic E-state index is 13.0. The van der Waals surface area contributed by atoms with E-state index in [-0.39, 0.29) is 6.42 Å². The molecule has 1 aromatic rings. The van der Waals surface area contributed by atoms with E-state index in [0.29, 0.717) is 5.56 Å². The summed E-state index contributed by atoms with van der Waals surface area (Å²) in [6.45, 7) is 6.47. The Morgan fingerprint density at radius 1 is 1.23 bits per heavy atom. The molecular formula is C16H24F2N2O2. The van der Waals surface area contributed by atoms with Gasteiger partial charge >= 0.3 is 6.09 Å². The number of rotatable bonds is 5. The lowest BCUT2D eigenvalue weighted by Gasteiger charge is -2.30. The molecule has 0 aliphatic rings. The number of amides is 1. The van der Waals surface area contributed by atoms with Gasteiger partial charge in [0.15, 0.2) is 0 Å². The van der Waals surface area contributed by atoms with E-state index in [1.807, 2.05) is 6.07 Å². The monoisotopic (exact) mass is 314 g/mol. The Labute approximate surface area is 130 Å². The Morgan fingerprint density at radius 2 is 1.77 bits per heavy atom. The third-order valence-electron chi connectivity index (χ3n) is 3.04. The molecule has 0 saturated carbocycles. The highest BCUT2D eigenvalue weighted by Gasteiger charge is 2.34. The Morgan fingerprint density at radius 3 is 2.23 bits per heavy atom. The van der Waals surface area contributed by atoms with Crippen molar-refractivity contribution in [3.05, 3.63) is 35.9 Å². The third kappa shape index (κ3) is 5.97. The van der Waals surface area contributed by atoms with Gasteiger partial charge in [-0.3, -0.25) is 0 Å². The Balaban J connectivity index is 2.91.